The molecule has 0 amide bonds. The van der Waals surface area contributed by atoms with E-state index in [0.717, 1.165) is 6.08 Å². The Morgan fingerprint density at radius 2 is 1.78 bits per heavy atom. The van der Waals surface area contributed by atoms with Crippen LogP contribution in [0.25, 0.3) is 22.6 Å². The van der Waals surface area contributed by atoms with Gasteiger partial charge in [-0.3, -0.25) is 14.9 Å². The first-order chi connectivity index (χ1) is 14.9. The fraction of sp³-hybridized carbons (Fsp3) is 0.100. The highest BCUT2D eigenvalue weighted by atomic mass is 32.1. The lowest BCUT2D eigenvalue weighted by Crippen LogP contribution is -2.12. The molecule has 0 aliphatic rings. The lowest BCUT2D eigenvalue weighted by Gasteiger charge is -2.15. The summed E-state index contributed by atoms with van der Waals surface area (Å²) in [6.07, 6.45) is -7.59. The third kappa shape index (κ3) is 4.13. The van der Waals surface area contributed by atoms with Crippen LogP contribution in [0.15, 0.2) is 47.4 Å². The Kier molecular flexibility index (Phi) is 5.12. The number of fused-ring (bicyclic) bond motifs is 1. The van der Waals surface area contributed by atoms with Crippen molar-refractivity contribution in [1.29, 1.82) is 0 Å². The molecular weight excluding hydrogens is 460 g/mol. The number of nitrogens with zero attached hydrogens (tertiary/aromatic N) is 1. The van der Waals surface area contributed by atoms with Gasteiger partial charge in [0.05, 0.1) is 22.8 Å². The maximum Gasteiger partial charge on any atom is 0.417 e. The van der Waals surface area contributed by atoms with Crippen LogP contribution in [0.1, 0.15) is 27.1 Å². The van der Waals surface area contributed by atoms with Crippen molar-refractivity contribution in [3.8, 4) is 5.88 Å². The van der Waals surface area contributed by atoms with Crippen molar-refractivity contribution in [1.82, 2.24) is 15.2 Å². The second-order valence-electron chi connectivity index (χ2n) is 6.72. The zero-order valence-corrected chi connectivity index (χ0v) is 16.4. The average molecular weight is 471 g/mol. The third-order valence-corrected chi connectivity index (χ3v) is 5.52. The van der Waals surface area contributed by atoms with Crippen LogP contribution >= 0.6 is 11.3 Å². The van der Waals surface area contributed by atoms with Crippen LogP contribution in [0.5, 0.6) is 5.88 Å². The van der Waals surface area contributed by atoms with Crippen LogP contribution in [-0.2, 0) is 12.4 Å². The number of aromatic amines is 2. The van der Waals surface area contributed by atoms with Gasteiger partial charge in [-0.25, -0.2) is 0 Å². The molecule has 0 saturated carbocycles. The maximum atomic E-state index is 13.6. The number of benzene rings is 2. The Morgan fingerprint density at radius 1 is 1.03 bits per heavy atom. The summed E-state index contributed by atoms with van der Waals surface area (Å²) in [4.78, 5) is 13.1. The number of aromatic hydroxyl groups is 1. The fourth-order valence-electron chi connectivity index (χ4n) is 3.15. The van der Waals surface area contributed by atoms with Crippen molar-refractivity contribution in [3.05, 3.63) is 79.4 Å². The molecule has 0 saturated heterocycles. The maximum absolute atomic E-state index is 13.6. The standard InChI is InChI=1S/C20H11F6N3O2S/c21-19(22,23)12-3-1-10(14(7-12)20(24,25)26)6-13(16-17(30)28-18(31)32-16)9-2-4-15-11(5-9)8-27-29-15/h1-8,30H,(H,27,29)(H,28,31). The number of aromatic nitrogens is 3. The van der Waals surface area contributed by atoms with Gasteiger partial charge in [0.2, 0.25) is 5.88 Å². The van der Waals surface area contributed by atoms with E-state index in [1.807, 2.05) is 0 Å². The minimum absolute atomic E-state index is 0.0132. The number of hydrogen-bond donors (Lipinski definition) is 3. The van der Waals surface area contributed by atoms with Gasteiger partial charge in [0.25, 0.3) is 0 Å². The van der Waals surface area contributed by atoms with Crippen molar-refractivity contribution in [2.45, 2.75) is 12.4 Å². The minimum Gasteiger partial charge on any atom is -0.493 e. The van der Waals surface area contributed by atoms with Crippen LogP contribution in [0.4, 0.5) is 26.3 Å². The van der Waals surface area contributed by atoms with Gasteiger partial charge < -0.3 is 5.11 Å². The van der Waals surface area contributed by atoms with Gasteiger partial charge >= 0.3 is 17.2 Å². The summed E-state index contributed by atoms with van der Waals surface area (Å²) in [6, 6.07) is 5.95. The van der Waals surface area contributed by atoms with E-state index in [2.05, 4.69) is 15.2 Å². The van der Waals surface area contributed by atoms with Crippen molar-refractivity contribution in [2.75, 3.05) is 0 Å². The molecule has 0 bridgehead atoms. The SMILES string of the molecule is O=c1[nH]c(O)c(C(=Cc2ccc(C(F)(F)F)cc2C(F)(F)F)c2ccc3[nH]ncc3c2)s1. The molecule has 3 N–H and O–H groups in total. The van der Waals surface area contributed by atoms with Gasteiger partial charge in [-0.1, -0.05) is 23.5 Å². The first-order valence-electron chi connectivity index (χ1n) is 8.79. The summed E-state index contributed by atoms with van der Waals surface area (Å²) >= 11 is 0.551. The second-order valence-corrected chi connectivity index (χ2v) is 7.70. The topological polar surface area (TPSA) is 81.8 Å². The first kappa shape index (κ1) is 21.7. The van der Waals surface area contributed by atoms with E-state index in [-0.39, 0.29) is 16.5 Å². The van der Waals surface area contributed by atoms with Crippen molar-refractivity contribution >= 4 is 33.9 Å². The van der Waals surface area contributed by atoms with E-state index < -0.39 is 39.8 Å². The molecule has 0 aliphatic heterocycles. The predicted octanol–water partition coefficient (Wildman–Crippen LogP) is 5.64. The number of hydrogen-bond acceptors (Lipinski definition) is 4. The lowest BCUT2D eigenvalue weighted by atomic mass is 9.96. The molecule has 2 heterocycles. The van der Waals surface area contributed by atoms with Gasteiger partial charge in [0.15, 0.2) is 0 Å². The predicted molar refractivity (Wildman–Crippen MR) is 106 cm³/mol. The van der Waals surface area contributed by atoms with Gasteiger partial charge in [-0.15, -0.1) is 0 Å². The molecule has 2 aromatic heterocycles. The summed E-state index contributed by atoms with van der Waals surface area (Å²) in [6.45, 7) is 0. The van der Waals surface area contributed by atoms with Gasteiger partial charge in [-0.2, -0.15) is 31.4 Å². The molecule has 0 radical (unpaired) electrons. The number of H-pyrrole nitrogens is 2. The van der Waals surface area contributed by atoms with Gasteiger partial charge in [-0.05, 0) is 41.5 Å². The van der Waals surface area contributed by atoms with E-state index in [0.29, 0.717) is 39.9 Å². The highest BCUT2D eigenvalue weighted by molar-refractivity contribution is 7.10. The number of halogens is 6. The van der Waals surface area contributed by atoms with E-state index in [1.165, 1.54) is 12.3 Å². The normalized spacial score (nSPS) is 13.1. The van der Waals surface area contributed by atoms with E-state index in [9.17, 15) is 36.2 Å². The molecule has 0 unspecified atom stereocenters. The smallest absolute Gasteiger partial charge is 0.417 e. The molecule has 0 aliphatic carbocycles. The van der Waals surface area contributed by atoms with Crippen LogP contribution < -0.4 is 4.87 Å². The molecule has 4 rings (SSSR count). The molecular formula is C20H11F6N3O2S. The molecule has 0 fully saturated rings. The summed E-state index contributed by atoms with van der Waals surface area (Å²) in [5.41, 5.74) is -2.55. The minimum atomic E-state index is -5.08. The van der Waals surface area contributed by atoms with Crippen molar-refractivity contribution in [3.63, 3.8) is 0 Å². The van der Waals surface area contributed by atoms with Crippen LogP contribution in [0.3, 0.4) is 0 Å². The molecule has 166 valence electrons. The number of rotatable bonds is 3. The Hall–Kier alpha value is -3.54. The lowest BCUT2D eigenvalue weighted by molar-refractivity contribution is -0.143. The van der Waals surface area contributed by atoms with Crippen LogP contribution in [-0.4, -0.2) is 20.3 Å². The van der Waals surface area contributed by atoms with E-state index in [4.69, 9.17) is 0 Å². The largest absolute Gasteiger partial charge is 0.493 e. The molecule has 5 nitrogen and oxygen atoms in total. The number of nitrogens with one attached hydrogen (secondary N) is 2. The zero-order chi connectivity index (χ0) is 23.3. The monoisotopic (exact) mass is 471 g/mol. The van der Waals surface area contributed by atoms with Gasteiger partial charge in [0.1, 0.15) is 4.88 Å². The number of alkyl halides is 6. The molecule has 4 aromatic rings. The van der Waals surface area contributed by atoms with Crippen LogP contribution in [0, 0.1) is 0 Å². The number of thiazole rings is 1. The Bertz CT molecular complexity index is 1390. The molecule has 0 spiro atoms. The van der Waals surface area contributed by atoms with Crippen molar-refractivity contribution < 1.29 is 31.4 Å². The molecule has 0 atom stereocenters. The summed E-state index contributed by atoms with van der Waals surface area (Å²) < 4.78 is 79.8. The van der Waals surface area contributed by atoms with Crippen LogP contribution in [0.2, 0.25) is 0 Å². The summed E-state index contributed by atoms with van der Waals surface area (Å²) in [5, 5.41) is 17.3. The molecule has 12 heteroatoms. The first-order valence-corrected chi connectivity index (χ1v) is 9.61. The van der Waals surface area contributed by atoms with Gasteiger partial charge in [0, 0.05) is 11.0 Å². The summed E-state index contributed by atoms with van der Waals surface area (Å²) in [7, 11) is 0. The Morgan fingerprint density at radius 3 is 2.41 bits per heavy atom. The fourth-order valence-corrected chi connectivity index (χ4v) is 3.92. The Balaban J connectivity index is 1.98. The van der Waals surface area contributed by atoms with E-state index in [1.54, 1.807) is 12.1 Å². The average Bonchev–Trinajstić information content (AvgIpc) is 3.29. The zero-order valence-electron chi connectivity index (χ0n) is 15.6. The molecule has 2 aromatic carbocycles. The highest BCUT2D eigenvalue weighted by Crippen LogP contribution is 2.40. The molecule has 32 heavy (non-hydrogen) atoms. The summed E-state index contributed by atoms with van der Waals surface area (Å²) in [5.74, 6) is -0.570. The highest BCUT2D eigenvalue weighted by Gasteiger charge is 2.38. The third-order valence-electron chi connectivity index (χ3n) is 4.61. The quantitative estimate of drug-likeness (QED) is 0.267. The van der Waals surface area contributed by atoms with E-state index >= 15 is 0 Å². The van der Waals surface area contributed by atoms with Crippen molar-refractivity contribution in [2.24, 2.45) is 0 Å². The Labute approximate surface area is 178 Å². The second kappa shape index (κ2) is 7.55.